The Morgan fingerprint density at radius 2 is 2.00 bits per heavy atom. The van der Waals surface area contributed by atoms with Gasteiger partial charge < -0.3 is 5.32 Å². The molecule has 1 aromatic carbocycles. The number of carbonyl (C=O) groups is 1. The van der Waals surface area contributed by atoms with Crippen molar-refractivity contribution < 1.29 is 13.2 Å². The second-order valence-electron chi connectivity index (χ2n) is 4.08. The number of thiazole rings is 1. The average Bonchev–Trinajstić information content (AvgIpc) is 2.89. The molecule has 0 fully saturated rings. The van der Waals surface area contributed by atoms with E-state index >= 15 is 0 Å². The van der Waals surface area contributed by atoms with Gasteiger partial charge >= 0.3 is 6.03 Å². The molecule has 2 aromatic rings. The summed E-state index contributed by atoms with van der Waals surface area (Å²) < 4.78 is 25.8. The van der Waals surface area contributed by atoms with E-state index in [0.29, 0.717) is 5.69 Å². The fraction of sp³-hybridized carbons (Fsp3) is 0.167. The molecular weight excluding hydrogens is 298 g/mol. The fourth-order valence-electron chi connectivity index (χ4n) is 1.43. The third kappa shape index (κ3) is 3.78. The standard InChI is InChI=1S/C12H13N3O3S2/c1-9-2-4-11(5-3-9)20(17,18)15-12(16)13-6-10-7-19-8-14-10/h2-5,7-8H,6H2,1H3,(H2,13,15,16). The molecule has 0 saturated heterocycles. The Labute approximate surface area is 120 Å². The molecule has 0 unspecified atom stereocenters. The Balaban J connectivity index is 1.97. The molecule has 0 atom stereocenters. The van der Waals surface area contributed by atoms with Crippen molar-refractivity contribution in [3.63, 3.8) is 0 Å². The molecule has 0 aliphatic carbocycles. The molecule has 0 aliphatic heterocycles. The lowest BCUT2D eigenvalue weighted by Gasteiger charge is -2.08. The maximum absolute atomic E-state index is 11.9. The van der Waals surface area contributed by atoms with E-state index in [1.165, 1.54) is 23.5 Å². The van der Waals surface area contributed by atoms with E-state index in [-0.39, 0.29) is 11.4 Å². The van der Waals surface area contributed by atoms with Crippen LogP contribution in [0.2, 0.25) is 0 Å². The third-order valence-corrected chi connectivity index (χ3v) is 4.45. The largest absolute Gasteiger partial charge is 0.332 e. The second-order valence-corrected chi connectivity index (χ2v) is 6.48. The maximum atomic E-state index is 11.9. The lowest BCUT2D eigenvalue weighted by Crippen LogP contribution is -2.39. The molecule has 2 amide bonds. The van der Waals surface area contributed by atoms with Crippen molar-refractivity contribution in [3.05, 3.63) is 46.4 Å². The van der Waals surface area contributed by atoms with Gasteiger partial charge in [-0.1, -0.05) is 17.7 Å². The summed E-state index contributed by atoms with van der Waals surface area (Å²) >= 11 is 1.40. The van der Waals surface area contributed by atoms with Gasteiger partial charge in [0, 0.05) is 5.38 Å². The molecule has 0 radical (unpaired) electrons. The summed E-state index contributed by atoms with van der Waals surface area (Å²) in [5.41, 5.74) is 3.26. The number of urea groups is 1. The lowest BCUT2D eigenvalue weighted by molar-refractivity contribution is 0.245. The minimum atomic E-state index is -3.85. The topological polar surface area (TPSA) is 88.2 Å². The van der Waals surface area contributed by atoms with Crippen LogP contribution in [0.3, 0.4) is 0 Å². The van der Waals surface area contributed by atoms with Crippen molar-refractivity contribution in [1.82, 2.24) is 15.0 Å². The highest BCUT2D eigenvalue weighted by Crippen LogP contribution is 2.09. The molecule has 2 rings (SSSR count). The molecule has 1 aromatic heterocycles. The highest BCUT2D eigenvalue weighted by molar-refractivity contribution is 7.90. The molecule has 8 heteroatoms. The summed E-state index contributed by atoms with van der Waals surface area (Å²) in [7, 11) is -3.85. The van der Waals surface area contributed by atoms with Crippen molar-refractivity contribution in [3.8, 4) is 0 Å². The predicted octanol–water partition coefficient (Wildman–Crippen LogP) is 1.64. The highest BCUT2D eigenvalue weighted by atomic mass is 32.2. The van der Waals surface area contributed by atoms with E-state index < -0.39 is 16.1 Å². The first-order chi connectivity index (χ1) is 9.47. The van der Waals surface area contributed by atoms with Gasteiger partial charge in [-0.3, -0.25) is 0 Å². The SMILES string of the molecule is Cc1ccc(S(=O)(=O)NC(=O)NCc2cscn2)cc1. The van der Waals surface area contributed by atoms with Gasteiger partial charge in [-0.15, -0.1) is 11.3 Å². The maximum Gasteiger partial charge on any atom is 0.329 e. The van der Waals surface area contributed by atoms with Crippen LogP contribution >= 0.6 is 11.3 Å². The van der Waals surface area contributed by atoms with Gasteiger partial charge in [-0.25, -0.2) is 22.9 Å². The second kappa shape index (κ2) is 6.02. The highest BCUT2D eigenvalue weighted by Gasteiger charge is 2.17. The van der Waals surface area contributed by atoms with Gasteiger partial charge in [-0.2, -0.15) is 0 Å². The van der Waals surface area contributed by atoms with E-state index in [0.717, 1.165) is 5.56 Å². The van der Waals surface area contributed by atoms with Gasteiger partial charge in [-0.05, 0) is 19.1 Å². The molecule has 0 aliphatic rings. The molecule has 6 nitrogen and oxygen atoms in total. The van der Waals surface area contributed by atoms with Crippen LogP contribution in [-0.4, -0.2) is 19.4 Å². The summed E-state index contributed by atoms with van der Waals surface area (Å²) in [4.78, 5) is 15.6. The van der Waals surface area contributed by atoms with E-state index in [1.54, 1.807) is 23.0 Å². The van der Waals surface area contributed by atoms with Crippen LogP contribution in [0, 0.1) is 6.92 Å². The van der Waals surface area contributed by atoms with Gasteiger partial charge in [0.1, 0.15) is 0 Å². The van der Waals surface area contributed by atoms with Crippen LogP contribution in [-0.2, 0) is 16.6 Å². The smallest absolute Gasteiger partial charge is 0.329 e. The molecule has 106 valence electrons. The number of sulfonamides is 1. The predicted molar refractivity (Wildman–Crippen MR) is 75.9 cm³/mol. The van der Waals surface area contributed by atoms with Gasteiger partial charge in [0.2, 0.25) is 0 Å². The number of hydrogen-bond acceptors (Lipinski definition) is 5. The number of benzene rings is 1. The Morgan fingerprint density at radius 3 is 2.60 bits per heavy atom. The monoisotopic (exact) mass is 311 g/mol. The molecule has 2 N–H and O–H groups in total. The summed E-state index contributed by atoms with van der Waals surface area (Å²) in [5, 5.41) is 4.21. The van der Waals surface area contributed by atoms with Gasteiger partial charge in [0.25, 0.3) is 10.0 Å². The number of nitrogens with zero attached hydrogens (tertiary/aromatic N) is 1. The zero-order valence-electron chi connectivity index (χ0n) is 10.7. The zero-order chi connectivity index (χ0) is 14.6. The molecule has 0 spiro atoms. The number of carbonyl (C=O) groups excluding carboxylic acids is 1. The van der Waals surface area contributed by atoms with Crippen molar-refractivity contribution in [2.45, 2.75) is 18.4 Å². The quantitative estimate of drug-likeness (QED) is 0.898. The van der Waals surface area contributed by atoms with Crippen LogP contribution in [0.5, 0.6) is 0 Å². The number of aromatic nitrogens is 1. The number of nitrogens with one attached hydrogen (secondary N) is 2. The first-order valence-electron chi connectivity index (χ1n) is 5.72. The average molecular weight is 311 g/mol. The normalized spacial score (nSPS) is 11.1. The summed E-state index contributed by atoms with van der Waals surface area (Å²) in [5.74, 6) is 0. The fourth-order valence-corrected chi connectivity index (χ4v) is 2.92. The minimum absolute atomic E-state index is 0.0481. The molecule has 0 bridgehead atoms. The number of hydrogen-bond donors (Lipinski definition) is 2. The van der Waals surface area contributed by atoms with Crippen LogP contribution in [0.15, 0.2) is 40.1 Å². The Kier molecular flexibility index (Phi) is 4.35. The summed E-state index contributed by atoms with van der Waals surface area (Å²) in [6.07, 6.45) is 0. The van der Waals surface area contributed by atoms with Crippen molar-refractivity contribution in [1.29, 1.82) is 0 Å². The minimum Gasteiger partial charge on any atom is -0.332 e. The van der Waals surface area contributed by atoms with E-state index in [9.17, 15) is 13.2 Å². The first kappa shape index (κ1) is 14.5. The Hall–Kier alpha value is -1.93. The molecule has 1 heterocycles. The van der Waals surface area contributed by atoms with Gasteiger partial charge in [0.15, 0.2) is 0 Å². The zero-order valence-corrected chi connectivity index (χ0v) is 12.3. The lowest BCUT2D eigenvalue weighted by atomic mass is 10.2. The van der Waals surface area contributed by atoms with Crippen molar-refractivity contribution >= 4 is 27.4 Å². The Morgan fingerprint density at radius 1 is 1.30 bits per heavy atom. The van der Waals surface area contributed by atoms with E-state index in [4.69, 9.17) is 0 Å². The van der Waals surface area contributed by atoms with E-state index in [2.05, 4.69) is 10.3 Å². The third-order valence-electron chi connectivity index (χ3n) is 2.47. The van der Waals surface area contributed by atoms with Crippen LogP contribution in [0.4, 0.5) is 4.79 Å². The van der Waals surface area contributed by atoms with Crippen molar-refractivity contribution in [2.24, 2.45) is 0 Å². The van der Waals surface area contributed by atoms with E-state index in [1.807, 2.05) is 11.6 Å². The summed E-state index contributed by atoms with van der Waals surface area (Å²) in [6.45, 7) is 2.03. The summed E-state index contributed by atoms with van der Waals surface area (Å²) in [6, 6.07) is 5.46. The van der Waals surface area contributed by atoms with Crippen LogP contribution in [0.1, 0.15) is 11.3 Å². The number of aryl methyl sites for hydroxylation is 1. The Bertz CT molecular complexity index is 679. The number of amides is 2. The first-order valence-corrected chi connectivity index (χ1v) is 8.14. The number of rotatable bonds is 4. The van der Waals surface area contributed by atoms with Gasteiger partial charge in [0.05, 0.1) is 22.6 Å². The van der Waals surface area contributed by atoms with Crippen molar-refractivity contribution in [2.75, 3.05) is 0 Å². The molecule has 0 saturated carbocycles. The molecular formula is C12H13N3O3S2. The molecule has 20 heavy (non-hydrogen) atoms. The van der Waals surface area contributed by atoms with Crippen LogP contribution < -0.4 is 10.0 Å². The van der Waals surface area contributed by atoms with Crippen LogP contribution in [0.25, 0.3) is 0 Å².